The number of rotatable bonds is 5. The van der Waals surface area contributed by atoms with Gasteiger partial charge in [-0.05, 0) is 30.5 Å². The van der Waals surface area contributed by atoms with E-state index < -0.39 is 0 Å². The van der Waals surface area contributed by atoms with Crippen LogP contribution in [-0.4, -0.2) is 18.1 Å². The summed E-state index contributed by atoms with van der Waals surface area (Å²) in [5.74, 6) is 1.22. The summed E-state index contributed by atoms with van der Waals surface area (Å²) in [7, 11) is 0. The van der Waals surface area contributed by atoms with Gasteiger partial charge in [0.15, 0.2) is 0 Å². The SMILES string of the molecule is CC(C)(C)CC(CN)COc1cccnc1. The minimum atomic E-state index is 0.294. The van der Waals surface area contributed by atoms with Gasteiger partial charge in [0.2, 0.25) is 0 Å². The molecule has 90 valence electrons. The minimum absolute atomic E-state index is 0.294. The second-order valence-electron chi connectivity index (χ2n) is 5.37. The summed E-state index contributed by atoms with van der Waals surface area (Å²) in [5, 5.41) is 0. The lowest BCUT2D eigenvalue weighted by Gasteiger charge is -2.24. The van der Waals surface area contributed by atoms with Crippen LogP contribution < -0.4 is 10.5 Å². The fraction of sp³-hybridized carbons (Fsp3) is 0.615. The molecule has 3 nitrogen and oxygen atoms in total. The van der Waals surface area contributed by atoms with Crippen LogP contribution in [0.2, 0.25) is 0 Å². The van der Waals surface area contributed by atoms with Crippen LogP contribution in [0.3, 0.4) is 0 Å². The molecule has 2 N–H and O–H groups in total. The lowest BCUT2D eigenvalue weighted by atomic mass is 9.85. The Hall–Kier alpha value is -1.09. The van der Waals surface area contributed by atoms with Crippen LogP contribution in [0.15, 0.2) is 24.5 Å². The number of pyridine rings is 1. The molecule has 16 heavy (non-hydrogen) atoms. The predicted octanol–water partition coefficient (Wildman–Crippen LogP) is 2.47. The standard InChI is InChI=1S/C13H22N2O/c1-13(2,3)7-11(8-14)10-16-12-5-4-6-15-9-12/h4-6,9,11H,7-8,10,14H2,1-3H3. The second-order valence-corrected chi connectivity index (χ2v) is 5.37. The molecule has 1 rings (SSSR count). The van der Waals surface area contributed by atoms with Gasteiger partial charge >= 0.3 is 0 Å². The molecule has 1 unspecified atom stereocenters. The third-order valence-electron chi connectivity index (χ3n) is 2.35. The maximum absolute atomic E-state index is 5.75. The molecule has 0 saturated carbocycles. The van der Waals surface area contributed by atoms with Gasteiger partial charge in [0.1, 0.15) is 5.75 Å². The molecule has 0 aliphatic rings. The van der Waals surface area contributed by atoms with Crippen LogP contribution in [0, 0.1) is 11.3 Å². The fourth-order valence-electron chi connectivity index (χ4n) is 1.72. The molecule has 0 aromatic carbocycles. The maximum atomic E-state index is 5.75. The first-order chi connectivity index (χ1) is 7.51. The van der Waals surface area contributed by atoms with Crippen LogP contribution in [-0.2, 0) is 0 Å². The normalized spacial score (nSPS) is 13.5. The van der Waals surface area contributed by atoms with E-state index in [-0.39, 0.29) is 0 Å². The van der Waals surface area contributed by atoms with Crippen LogP contribution in [0.4, 0.5) is 0 Å². The van der Waals surface area contributed by atoms with Gasteiger partial charge in [-0.15, -0.1) is 0 Å². The maximum Gasteiger partial charge on any atom is 0.137 e. The molecule has 0 aliphatic heterocycles. The van der Waals surface area contributed by atoms with Gasteiger partial charge in [-0.3, -0.25) is 4.98 Å². The van der Waals surface area contributed by atoms with Gasteiger partial charge in [-0.1, -0.05) is 20.8 Å². The Labute approximate surface area is 98.0 Å². The topological polar surface area (TPSA) is 48.1 Å². The van der Waals surface area contributed by atoms with E-state index in [0.717, 1.165) is 12.2 Å². The Bertz CT molecular complexity index is 293. The van der Waals surface area contributed by atoms with Crippen molar-refractivity contribution in [2.75, 3.05) is 13.2 Å². The molecule has 1 aromatic heterocycles. The number of nitrogens with two attached hydrogens (primary N) is 1. The molecule has 1 atom stereocenters. The summed E-state index contributed by atoms with van der Waals surface area (Å²) in [6.45, 7) is 8.00. The van der Waals surface area contributed by atoms with Crippen molar-refractivity contribution in [3.8, 4) is 5.75 Å². The third kappa shape index (κ3) is 5.12. The third-order valence-corrected chi connectivity index (χ3v) is 2.35. The van der Waals surface area contributed by atoms with Crippen LogP contribution >= 0.6 is 0 Å². The first kappa shape index (κ1) is 13.0. The number of hydrogen-bond acceptors (Lipinski definition) is 3. The van der Waals surface area contributed by atoms with E-state index in [1.54, 1.807) is 12.4 Å². The van der Waals surface area contributed by atoms with Gasteiger partial charge in [-0.25, -0.2) is 0 Å². The number of aromatic nitrogens is 1. The van der Waals surface area contributed by atoms with E-state index in [1.807, 2.05) is 12.1 Å². The van der Waals surface area contributed by atoms with Gasteiger partial charge in [-0.2, -0.15) is 0 Å². The molecule has 0 amide bonds. The van der Waals surface area contributed by atoms with Gasteiger partial charge in [0.05, 0.1) is 12.8 Å². The Morgan fingerprint density at radius 1 is 1.44 bits per heavy atom. The van der Waals surface area contributed by atoms with Gasteiger partial charge in [0, 0.05) is 12.1 Å². The van der Waals surface area contributed by atoms with E-state index in [1.165, 1.54) is 0 Å². The molecule has 0 saturated heterocycles. The molecule has 0 radical (unpaired) electrons. The van der Waals surface area contributed by atoms with Crippen molar-refractivity contribution in [2.24, 2.45) is 17.1 Å². The first-order valence-electron chi connectivity index (χ1n) is 5.74. The summed E-state index contributed by atoms with van der Waals surface area (Å²) in [5.41, 5.74) is 6.04. The smallest absolute Gasteiger partial charge is 0.137 e. The van der Waals surface area contributed by atoms with Crippen molar-refractivity contribution < 1.29 is 4.74 Å². The van der Waals surface area contributed by atoms with E-state index >= 15 is 0 Å². The highest BCUT2D eigenvalue weighted by atomic mass is 16.5. The highest BCUT2D eigenvalue weighted by Crippen LogP contribution is 2.24. The van der Waals surface area contributed by atoms with E-state index in [9.17, 15) is 0 Å². The zero-order valence-electron chi connectivity index (χ0n) is 10.4. The summed E-state index contributed by atoms with van der Waals surface area (Å²) in [6, 6.07) is 3.79. The Morgan fingerprint density at radius 3 is 2.69 bits per heavy atom. The average molecular weight is 222 g/mol. The Balaban J connectivity index is 2.40. The highest BCUT2D eigenvalue weighted by molar-refractivity contribution is 5.15. The van der Waals surface area contributed by atoms with Crippen molar-refractivity contribution in [3.05, 3.63) is 24.5 Å². The quantitative estimate of drug-likeness (QED) is 0.832. The van der Waals surface area contributed by atoms with Gasteiger partial charge < -0.3 is 10.5 Å². The second kappa shape index (κ2) is 5.85. The molecule has 0 aliphatic carbocycles. The van der Waals surface area contributed by atoms with Crippen molar-refractivity contribution in [2.45, 2.75) is 27.2 Å². The van der Waals surface area contributed by atoms with Gasteiger partial charge in [0.25, 0.3) is 0 Å². The lowest BCUT2D eigenvalue weighted by Crippen LogP contribution is -2.26. The Morgan fingerprint density at radius 2 is 2.19 bits per heavy atom. The fourth-order valence-corrected chi connectivity index (χ4v) is 1.72. The zero-order valence-corrected chi connectivity index (χ0v) is 10.4. The molecule has 0 bridgehead atoms. The van der Waals surface area contributed by atoms with E-state index in [2.05, 4.69) is 25.8 Å². The van der Waals surface area contributed by atoms with Crippen molar-refractivity contribution >= 4 is 0 Å². The molecule has 1 heterocycles. The van der Waals surface area contributed by atoms with E-state index in [0.29, 0.717) is 24.5 Å². The van der Waals surface area contributed by atoms with Crippen molar-refractivity contribution in [1.29, 1.82) is 0 Å². The molecule has 3 heteroatoms. The van der Waals surface area contributed by atoms with Crippen LogP contribution in [0.5, 0.6) is 5.75 Å². The number of ether oxygens (including phenoxy) is 1. The molecule has 0 fully saturated rings. The predicted molar refractivity (Wildman–Crippen MR) is 66.3 cm³/mol. The summed E-state index contributed by atoms with van der Waals surface area (Å²) in [6.07, 6.45) is 4.54. The number of hydrogen-bond donors (Lipinski definition) is 1. The summed E-state index contributed by atoms with van der Waals surface area (Å²) >= 11 is 0. The minimum Gasteiger partial charge on any atom is -0.492 e. The lowest BCUT2D eigenvalue weighted by molar-refractivity contribution is 0.199. The highest BCUT2D eigenvalue weighted by Gasteiger charge is 2.18. The van der Waals surface area contributed by atoms with E-state index in [4.69, 9.17) is 10.5 Å². The largest absolute Gasteiger partial charge is 0.492 e. The molecular formula is C13H22N2O. The first-order valence-corrected chi connectivity index (χ1v) is 5.74. The monoisotopic (exact) mass is 222 g/mol. The number of nitrogens with zero attached hydrogens (tertiary/aromatic N) is 1. The van der Waals surface area contributed by atoms with Crippen molar-refractivity contribution in [3.63, 3.8) is 0 Å². The molecular weight excluding hydrogens is 200 g/mol. The summed E-state index contributed by atoms with van der Waals surface area (Å²) < 4.78 is 5.66. The molecule has 1 aromatic rings. The van der Waals surface area contributed by atoms with Crippen LogP contribution in [0.25, 0.3) is 0 Å². The van der Waals surface area contributed by atoms with Crippen molar-refractivity contribution in [1.82, 2.24) is 4.98 Å². The average Bonchev–Trinajstić information content (AvgIpc) is 2.24. The zero-order chi connectivity index (χ0) is 12.0. The summed E-state index contributed by atoms with van der Waals surface area (Å²) in [4.78, 5) is 4.01. The van der Waals surface area contributed by atoms with Crippen LogP contribution in [0.1, 0.15) is 27.2 Å². The molecule has 0 spiro atoms. The Kier molecular flexibility index (Phi) is 4.74.